The molecule has 35 heavy (non-hydrogen) atoms. The Morgan fingerprint density at radius 3 is 2.60 bits per heavy atom. The number of rotatable bonds is 6. The molecule has 0 unspecified atom stereocenters. The van der Waals surface area contributed by atoms with Crippen LogP contribution in [0.4, 0.5) is 16.2 Å². The summed E-state index contributed by atoms with van der Waals surface area (Å²) in [6.45, 7) is 1.76. The molecule has 2 heterocycles. The first kappa shape index (κ1) is 23.8. The van der Waals surface area contributed by atoms with Crippen molar-refractivity contribution < 1.29 is 4.79 Å². The highest BCUT2D eigenvalue weighted by Gasteiger charge is 2.26. The number of halogens is 1. The van der Waals surface area contributed by atoms with Crippen LogP contribution in [0.5, 0.6) is 0 Å². The zero-order chi connectivity index (χ0) is 24.4. The zero-order valence-electron chi connectivity index (χ0n) is 20.1. The predicted molar refractivity (Wildman–Crippen MR) is 153 cm³/mol. The first-order valence-corrected chi connectivity index (χ1v) is 13.1. The molecule has 178 valence electrons. The van der Waals surface area contributed by atoms with E-state index < -0.39 is 0 Å². The molecule has 0 spiro atoms. The van der Waals surface area contributed by atoms with E-state index in [0.29, 0.717) is 6.54 Å². The van der Waals surface area contributed by atoms with Crippen molar-refractivity contribution in [2.45, 2.75) is 19.3 Å². The second kappa shape index (κ2) is 10.3. The summed E-state index contributed by atoms with van der Waals surface area (Å²) < 4.78 is 1.29. The lowest BCUT2D eigenvalue weighted by Crippen LogP contribution is -2.33. The van der Waals surface area contributed by atoms with Crippen LogP contribution in [0.15, 0.2) is 73.1 Å². The molecule has 4 aromatic rings. The van der Waals surface area contributed by atoms with Gasteiger partial charge >= 0.3 is 6.03 Å². The second-order valence-corrected chi connectivity index (χ2v) is 10.4. The molecule has 0 radical (unpaired) electrons. The van der Waals surface area contributed by atoms with Crippen LogP contribution >= 0.6 is 22.6 Å². The molecule has 0 fully saturated rings. The Bertz CT molecular complexity index is 1370. The van der Waals surface area contributed by atoms with E-state index in [2.05, 4.69) is 82.2 Å². The normalized spacial score (nSPS) is 12.9. The lowest BCUT2D eigenvalue weighted by molar-refractivity contribution is 0.257. The van der Waals surface area contributed by atoms with E-state index in [1.807, 2.05) is 35.2 Å². The number of pyridine rings is 1. The highest BCUT2D eigenvalue weighted by molar-refractivity contribution is 14.1. The molecule has 1 aromatic heterocycles. The van der Waals surface area contributed by atoms with Gasteiger partial charge in [0.15, 0.2) is 0 Å². The Labute approximate surface area is 220 Å². The van der Waals surface area contributed by atoms with Gasteiger partial charge in [0.05, 0.1) is 5.69 Å². The smallest absolute Gasteiger partial charge is 0.309 e. The van der Waals surface area contributed by atoms with Gasteiger partial charge < -0.3 is 10.2 Å². The third kappa shape index (κ3) is 5.04. The Morgan fingerprint density at radius 1 is 1.06 bits per heavy atom. The molecule has 0 atom stereocenters. The van der Waals surface area contributed by atoms with Gasteiger partial charge in [-0.25, -0.2) is 4.79 Å². The van der Waals surface area contributed by atoms with Crippen LogP contribution in [0.3, 0.4) is 0 Å². The third-order valence-corrected chi connectivity index (χ3v) is 7.60. The highest BCUT2D eigenvalue weighted by atomic mass is 127. The minimum absolute atomic E-state index is 0.0778. The lowest BCUT2D eigenvalue weighted by atomic mass is 9.98. The summed E-state index contributed by atoms with van der Waals surface area (Å²) in [5.41, 5.74) is 6.68. The van der Waals surface area contributed by atoms with Crippen LogP contribution < -0.4 is 10.2 Å². The summed E-state index contributed by atoms with van der Waals surface area (Å²) in [7, 11) is 4.21. The minimum Gasteiger partial charge on any atom is -0.309 e. The van der Waals surface area contributed by atoms with E-state index in [1.54, 1.807) is 12.4 Å². The molecule has 5 nitrogen and oxygen atoms in total. The summed E-state index contributed by atoms with van der Waals surface area (Å²) >= 11 is 2.43. The molecule has 2 amide bonds. The van der Waals surface area contributed by atoms with Crippen molar-refractivity contribution in [2.75, 3.05) is 37.4 Å². The molecule has 0 saturated carbocycles. The quantitative estimate of drug-likeness (QED) is 0.264. The highest BCUT2D eigenvalue weighted by Crippen LogP contribution is 2.35. The van der Waals surface area contributed by atoms with E-state index >= 15 is 0 Å². The SMILES string of the molecule is CN(C)CCCc1cc2c(cc1I)CCN2C(=O)Nc1ccc(-c2ccncc2)c2ccccc12. The van der Waals surface area contributed by atoms with Crippen LogP contribution in [0.1, 0.15) is 17.5 Å². The Balaban J connectivity index is 1.41. The fraction of sp³-hybridized carbons (Fsp3) is 0.241. The fourth-order valence-corrected chi connectivity index (χ4v) is 5.61. The Hall–Kier alpha value is -2.97. The van der Waals surface area contributed by atoms with Gasteiger partial charge in [-0.3, -0.25) is 9.88 Å². The number of urea groups is 1. The van der Waals surface area contributed by atoms with E-state index in [4.69, 9.17) is 0 Å². The minimum atomic E-state index is -0.0778. The molecule has 5 rings (SSSR count). The van der Waals surface area contributed by atoms with E-state index in [0.717, 1.165) is 59.1 Å². The predicted octanol–water partition coefficient (Wildman–Crippen LogP) is 6.60. The summed E-state index contributed by atoms with van der Waals surface area (Å²) in [5, 5.41) is 5.34. The van der Waals surface area contributed by atoms with Gasteiger partial charge in [0.25, 0.3) is 0 Å². The number of hydrogen-bond donors (Lipinski definition) is 1. The standard InChI is InChI=1S/C29H29IN4O/c1-33(2)16-5-6-21-19-28-22(18-26(21)30)13-17-34(28)29(35)32-27-10-9-23(20-11-14-31-15-12-20)24-7-3-4-8-25(24)27/h3-4,7-12,14-15,18-19H,5-6,13,16-17H2,1-2H3,(H,32,35). The maximum atomic E-state index is 13.5. The van der Waals surface area contributed by atoms with E-state index in [9.17, 15) is 4.79 Å². The van der Waals surface area contributed by atoms with E-state index in [1.165, 1.54) is 14.7 Å². The zero-order valence-corrected chi connectivity index (χ0v) is 22.2. The maximum Gasteiger partial charge on any atom is 0.326 e. The number of carbonyl (C=O) groups excluding carboxylic acids is 1. The first-order valence-electron chi connectivity index (χ1n) is 12.0. The van der Waals surface area contributed by atoms with Crippen molar-refractivity contribution in [3.63, 3.8) is 0 Å². The third-order valence-electron chi connectivity index (χ3n) is 6.60. The van der Waals surface area contributed by atoms with Crippen LogP contribution in [0.25, 0.3) is 21.9 Å². The van der Waals surface area contributed by atoms with Gasteiger partial charge in [-0.1, -0.05) is 30.3 Å². The summed E-state index contributed by atoms with van der Waals surface area (Å²) in [6.07, 6.45) is 6.61. The van der Waals surface area contributed by atoms with Crippen molar-refractivity contribution in [3.8, 4) is 11.1 Å². The molecule has 1 aliphatic heterocycles. The van der Waals surface area contributed by atoms with Gasteiger partial charge in [0, 0.05) is 33.6 Å². The van der Waals surface area contributed by atoms with E-state index in [-0.39, 0.29) is 6.03 Å². The van der Waals surface area contributed by atoms with Crippen molar-refractivity contribution in [3.05, 3.63) is 87.8 Å². The topological polar surface area (TPSA) is 48.5 Å². The number of aromatic nitrogens is 1. The maximum absolute atomic E-state index is 13.5. The number of benzene rings is 3. The monoisotopic (exact) mass is 576 g/mol. The van der Waals surface area contributed by atoms with Gasteiger partial charge in [-0.15, -0.1) is 0 Å². The Morgan fingerprint density at radius 2 is 1.83 bits per heavy atom. The molecule has 1 aliphatic rings. The number of aryl methyl sites for hydroxylation is 1. The first-order chi connectivity index (χ1) is 17.0. The second-order valence-electron chi connectivity index (χ2n) is 9.25. The molecular formula is C29H29IN4O. The molecule has 1 N–H and O–H groups in total. The largest absolute Gasteiger partial charge is 0.326 e. The van der Waals surface area contributed by atoms with Gasteiger partial charge in [-0.2, -0.15) is 0 Å². The molecule has 3 aromatic carbocycles. The molecular weight excluding hydrogens is 547 g/mol. The fourth-order valence-electron chi connectivity index (χ4n) is 4.81. The van der Waals surface area contributed by atoms with Crippen LogP contribution in [0.2, 0.25) is 0 Å². The van der Waals surface area contributed by atoms with Gasteiger partial charge in [0.2, 0.25) is 0 Å². The number of nitrogens with one attached hydrogen (secondary N) is 1. The number of fused-ring (bicyclic) bond motifs is 2. The number of hydrogen-bond acceptors (Lipinski definition) is 3. The van der Waals surface area contributed by atoms with Crippen molar-refractivity contribution in [1.82, 2.24) is 9.88 Å². The van der Waals surface area contributed by atoms with Crippen molar-refractivity contribution in [2.24, 2.45) is 0 Å². The van der Waals surface area contributed by atoms with Gasteiger partial charge in [-0.05, 0) is 120 Å². The average Bonchev–Trinajstić information content (AvgIpc) is 3.27. The number of carbonyl (C=O) groups is 1. The molecule has 6 heteroatoms. The number of amides is 2. The van der Waals surface area contributed by atoms with Gasteiger partial charge in [0.1, 0.15) is 0 Å². The number of nitrogens with zero attached hydrogens (tertiary/aromatic N) is 3. The van der Waals surface area contributed by atoms with Crippen molar-refractivity contribution in [1.29, 1.82) is 0 Å². The number of anilines is 2. The molecule has 0 bridgehead atoms. The lowest BCUT2D eigenvalue weighted by Gasteiger charge is -2.21. The molecule has 0 aliphatic carbocycles. The van der Waals surface area contributed by atoms with Crippen LogP contribution in [-0.2, 0) is 12.8 Å². The van der Waals surface area contributed by atoms with Crippen LogP contribution in [-0.4, -0.2) is 43.1 Å². The molecule has 0 saturated heterocycles. The Kier molecular flexibility index (Phi) is 7.02. The van der Waals surface area contributed by atoms with Crippen LogP contribution in [0, 0.1) is 3.57 Å². The summed E-state index contributed by atoms with van der Waals surface area (Å²) in [6, 6.07) is 20.7. The summed E-state index contributed by atoms with van der Waals surface area (Å²) in [4.78, 5) is 21.7. The van der Waals surface area contributed by atoms with Crippen molar-refractivity contribution >= 4 is 50.8 Å². The average molecular weight is 576 g/mol. The summed E-state index contributed by atoms with van der Waals surface area (Å²) in [5.74, 6) is 0.